The van der Waals surface area contributed by atoms with Gasteiger partial charge in [-0.3, -0.25) is 9.52 Å². The fourth-order valence-corrected chi connectivity index (χ4v) is 4.27. The monoisotopic (exact) mass is 444 g/mol. The Hall–Kier alpha value is -3.03. The first-order valence-electron chi connectivity index (χ1n) is 9.12. The molecule has 3 aromatic rings. The van der Waals surface area contributed by atoms with E-state index in [9.17, 15) is 13.2 Å². The predicted molar refractivity (Wildman–Crippen MR) is 118 cm³/mol. The second-order valence-electron chi connectivity index (χ2n) is 6.58. The number of rotatable bonds is 7. The SMILES string of the molecule is COc1ccc(NS(=O)(=O)c2cccc(C(=O)NC(C)c3ccccc3Cl)c2)cc1. The first-order valence-corrected chi connectivity index (χ1v) is 11.0. The number of benzene rings is 3. The maximum absolute atomic E-state index is 12.7. The van der Waals surface area contributed by atoms with Crippen molar-refractivity contribution in [1.29, 1.82) is 0 Å². The second kappa shape index (κ2) is 9.19. The zero-order valence-corrected chi connectivity index (χ0v) is 18.0. The molecule has 1 amide bonds. The van der Waals surface area contributed by atoms with Crippen molar-refractivity contribution in [1.82, 2.24) is 5.32 Å². The Balaban J connectivity index is 1.77. The van der Waals surface area contributed by atoms with E-state index in [1.807, 2.05) is 25.1 Å². The summed E-state index contributed by atoms with van der Waals surface area (Å²) in [7, 11) is -2.34. The fourth-order valence-electron chi connectivity index (χ4n) is 2.86. The Bertz CT molecular complexity index is 1150. The molecule has 156 valence electrons. The number of methoxy groups -OCH3 is 1. The van der Waals surface area contributed by atoms with Gasteiger partial charge in [0.1, 0.15) is 5.75 Å². The Kier molecular flexibility index (Phi) is 6.64. The van der Waals surface area contributed by atoms with Crippen LogP contribution in [-0.2, 0) is 10.0 Å². The summed E-state index contributed by atoms with van der Waals surface area (Å²) in [5, 5.41) is 3.39. The minimum absolute atomic E-state index is 0.0173. The van der Waals surface area contributed by atoms with Crippen LogP contribution in [0.5, 0.6) is 5.75 Å². The fraction of sp³-hybridized carbons (Fsp3) is 0.136. The normalized spacial score (nSPS) is 12.1. The maximum atomic E-state index is 12.7. The van der Waals surface area contributed by atoms with Gasteiger partial charge < -0.3 is 10.1 Å². The van der Waals surface area contributed by atoms with Crippen LogP contribution >= 0.6 is 11.6 Å². The van der Waals surface area contributed by atoms with Crippen LogP contribution in [0, 0.1) is 0 Å². The summed E-state index contributed by atoms with van der Waals surface area (Å²) in [6.45, 7) is 1.81. The quantitative estimate of drug-likeness (QED) is 0.556. The molecule has 30 heavy (non-hydrogen) atoms. The van der Waals surface area contributed by atoms with Gasteiger partial charge in [0.15, 0.2) is 0 Å². The Labute approximate surface area is 180 Å². The second-order valence-corrected chi connectivity index (χ2v) is 8.67. The zero-order chi connectivity index (χ0) is 21.7. The summed E-state index contributed by atoms with van der Waals surface area (Å²) in [4.78, 5) is 12.6. The van der Waals surface area contributed by atoms with Gasteiger partial charge in [0.05, 0.1) is 18.0 Å². The first-order chi connectivity index (χ1) is 14.3. The highest BCUT2D eigenvalue weighted by atomic mass is 35.5. The summed E-state index contributed by atoms with van der Waals surface area (Å²) in [6, 6.07) is 19.2. The predicted octanol–water partition coefficient (Wildman–Crippen LogP) is 4.64. The van der Waals surface area contributed by atoms with Gasteiger partial charge in [-0.1, -0.05) is 35.9 Å². The molecule has 0 bridgehead atoms. The summed E-state index contributed by atoms with van der Waals surface area (Å²) in [6.07, 6.45) is 0. The van der Waals surface area contributed by atoms with Gasteiger partial charge >= 0.3 is 0 Å². The number of carbonyl (C=O) groups is 1. The molecule has 1 unspecified atom stereocenters. The summed E-state index contributed by atoms with van der Waals surface area (Å²) in [5.74, 6) is 0.216. The van der Waals surface area contributed by atoms with E-state index in [1.54, 1.807) is 36.4 Å². The lowest BCUT2D eigenvalue weighted by Crippen LogP contribution is -2.27. The minimum atomic E-state index is -3.87. The average molecular weight is 445 g/mol. The molecular weight excluding hydrogens is 424 g/mol. The van der Waals surface area contributed by atoms with Crippen LogP contribution in [0.4, 0.5) is 5.69 Å². The van der Waals surface area contributed by atoms with Gasteiger partial charge in [-0.2, -0.15) is 0 Å². The minimum Gasteiger partial charge on any atom is -0.497 e. The number of amides is 1. The number of carbonyl (C=O) groups excluding carboxylic acids is 1. The van der Waals surface area contributed by atoms with Crippen LogP contribution in [0.15, 0.2) is 77.7 Å². The van der Waals surface area contributed by atoms with E-state index < -0.39 is 15.9 Å². The molecule has 1 atom stereocenters. The van der Waals surface area contributed by atoms with Crippen LogP contribution in [0.3, 0.4) is 0 Å². The topological polar surface area (TPSA) is 84.5 Å². The number of halogens is 1. The lowest BCUT2D eigenvalue weighted by molar-refractivity contribution is 0.0939. The highest BCUT2D eigenvalue weighted by Crippen LogP contribution is 2.23. The van der Waals surface area contributed by atoms with Gasteiger partial charge in [0, 0.05) is 16.3 Å². The molecule has 6 nitrogen and oxygen atoms in total. The van der Waals surface area contributed by atoms with Crippen LogP contribution in [0.25, 0.3) is 0 Å². The molecule has 0 aliphatic rings. The number of sulfonamides is 1. The smallest absolute Gasteiger partial charge is 0.261 e. The third kappa shape index (κ3) is 5.11. The van der Waals surface area contributed by atoms with Crippen molar-refractivity contribution in [2.45, 2.75) is 17.9 Å². The first kappa shape index (κ1) is 21.7. The molecule has 0 heterocycles. The molecule has 0 fully saturated rings. The summed E-state index contributed by atoms with van der Waals surface area (Å²) >= 11 is 6.18. The molecule has 0 saturated carbocycles. The lowest BCUT2D eigenvalue weighted by Gasteiger charge is -2.16. The van der Waals surface area contributed by atoms with Gasteiger partial charge in [0.2, 0.25) is 0 Å². The summed E-state index contributed by atoms with van der Waals surface area (Å²) in [5.41, 5.74) is 1.39. The Morgan fingerprint density at radius 3 is 2.37 bits per heavy atom. The van der Waals surface area contributed by atoms with Crippen molar-refractivity contribution < 1.29 is 17.9 Å². The number of hydrogen-bond acceptors (Lipinski definition) is 4. The van der Waals surface area contributed by atoms with E-state index in [1.165, 1.54) is 25.3 Å². The largest absolute Gasteiger partial charge is 0.497 e. The van der Waals surface area contributed by atoms with E-state index in [2.05, 4.69) is 10.0 Å². The molecule has 0 aromatic heterocycles. The van der Waals surface area contributed by atoms with Crippen LogP contribution in [0.1, 0.15) is 28.9 Å². The average Bonchev–Trinajstić information content (AvgIpc) is 2.74. The van der Waals surface area contributed by atoms with Crippen molar-refractivity contribution in [3.8, 4) is 5.75 Å². The van der Waals surface area contributed by atoms with E-state index in [4.69, 9.17) is 16.3 Å². The van der Waals surface area contributed by atoms with Crippen LogP contribution in [-0.4, -0.2) is 21.4 Å². The van der Waals surface area contributed by atoms with Crippen molar-refractivity contribution in [3.05, 3.63) is 88.9 Å². The van der Waals surface area contributed by atoms with Gasteiger partial charge in [0.25, 0.3) is 15.9 Å². The molecule has 0 aliphatic heterocycles. The lowest BCUT2D eigenvalue weighted by atomic mass is 10.1. The number of anilines is 1. The number of hydrogen-bond donors (Lipinski definition) is 2. The molecule has 0 spiro atoms. The molecule has 0 radical (unpaired) electrons. The van der Waals surface area contributed by atoms with Gasteiger partial charge in [-0.05, 0) is 61.0 Å². The Morgan fingerprint density at radius 2 is 1.70 bits per heavy atom. The number of ether oxygens (including phenoxy) is 1. The third-order valence-corrected chi connectivity index (χ3v) is 6.19. The van der Waals surface area contributed by atoms with Gasteiger partial charge in [-0.15, -0.1) is 0 Å². The van der Waals surface area contributed by atoms with Crippen molar-refractivity contribution in [2.75, 3.05) is 11.8 Å². The molecule has 3 aromatic carbocycles. The van der Waals surface area contributed by atoms with Crippen molar-refractivity contribution in [3.63, 3.8) is 0 Å². The van der Waals surface area contributed by atoms with Crippen LogP contribution < -0.4 is 14.8 Å². The molecule has 3 rings (SSSR count). The maximum Gasteiger partial charge on any atom is 0.261 e. The molecule has 8 heteroatoms. The van der Waals surface area contributed by atoms with E-state index >= 15 is 0 Å². The Morgan fingerprint density at radius 1 is 1.00 bits per heavy atom. The van der Waals surface area contributed by atoms with E-state index in [0.29, 0.717) is 16.5 Å². The molecule has 2 N–H and O–H groups in total. The molecule has 0 aliphatic carbocycles. The number of nitrogens with one attached hydrogen (secondary N) is 2. The highest BCUT2D eigenvalue weighted by Gasteiger charge is 2.18. The molecular formula is C22H21ClN2O4S. The third-order valence-electron chi connectivity index (χ3n) is 4.47. The summed E-state index contributed by atoms with van der Waals surface area (Å²) < 4.78 is 33.0. The van der Waals surface area contributed by atoms with Gasteiger partial charge in [-0.25, -0.2) is 8.42 Å². The highest BCUT2D eigenvalue weighted by molar-refractivity contribution is 7.92. The van der Waals surface area contributed by atoms with Crippen molar-refractivity contribution >= 4 is 33.2 Å². The van der Waals surface area contributed by atoms with Crippen LogP contribution in [0.2, 0.25) is 5.02 Å². The standard InChI is InChI=1S/C22H21ClN2O4S/c1-15(20-8-3-4-9-21(20)23)24-22(26)16-6-5-7-19(14-16)30(27,28)25-17-10-12-18(29-2)13-11-17/h3-15,25H,1-2H3,(H,24,26). The van der Waals surface area contributed by atoms with E-state index in [-0.39, 0.29) is 16.5 Å². The van der Waals surface area contributed by atoms with E-state index in [0.717, 1.165) is 5.56 Å². The molecule has 0 saturated heterocycles. The van der Waals surface area contributed by atoms with Crippen molar-refractivity contribution in [2.24, 2.45) is 0 Å². The zero-order valence-electron chi connectivity index (χ0n) is 16.4.